The van der Waals surface area contributed by atoms with Gasteiger partial charge in [-0.15, -0.1) is 13.2 Å². The van der Waals surface area contributed by atoms with Crippen LogP contribution in [0.4, 0.5) is 17.1 Å². The fourth-order valence-electron chi connectivity index (χ4n) is 3.24. The molecule has 0 bridgehead atoms. The van der Waals surface area contributed by atoms with Crippen LogP contribution in [-0.2, 0) is 0 Å². The highest BCUT2D eigenvalue weighted by Gasteiger charge is 2.13. The molecule has 7 nitrogen and oxygen atoms in total. The van der Waals surface area contributed by atoms with Crippen molar-refractivity contribution in [1.29, 1.82) is 5.41 Å². The van der Waals surface area contributed by atoms with Crippen LogP contribution in [0, 0.1) is 15.5 Å². The molecule has 0 heterocycles. The van der Waals surface area contributed by atoms with Crippen molar-refractivity contribution in [1.82, 2.24) is 0 Å². The molecule has 0 saturated carbocycles. The number of nitro benzene ring substituents is 1. The van der Waals surface area contributed by atoms with Gasteiger partial charge >= 0.3 is 0 Å². The third-order valence-electron chi connectivity index (χ3n) is 4.83. The van der Waals surface area contributed by atoms with Crippen molar-refractivity contribution in [3.8, 4) is 0 Å². The highest BCUT2D eigenvalue weighted by molar-refractivity contribution is 6.20. The predicted octanol–water partition coefficient (Wildman–Crippen LogP) is 5.60. The Hall–Kier alpha value is -4.26. The summed E-state index contributed by atoms with van der Waals surface area (Å²) < 4.78 is 0. The van der Waals surface area contributed by atoms with Crippen LogP contribution in [0.3, 0.4) is 0 Å². The molecule has 0 spiro atoms. The van der Waals surface area contributed by atoms with Crippen molar-refractivity contribution in [3.05, 3.63) is 107 Å². The van der Waals surface area contributed by atoms with Crippen LogP contribution in [-0.4, -0.2) is 29.4 Å². The van der Waals surface area contributed by atoms with E-state index in [0.29, 0.717) is 17.8 Å². The first-order chi connectivity index (χ1) is 15.5. The minimum Gasteiger partial charge on any atom is -0.364 e. The first kappa shape index (κ1) is 22.4. The van der Waals surface area contributed by atoms with Crippen molar-refractivity contribution in [2.75, 3.05) is 23.4 Å². The monoisotopic (exact) mass is 427 g/mol. The number of allylic oxidation sites excluding steroid dienone is 3. The van der Waals surface area contributed by atoms with Crippen LogP contribution in [0.5, 0.6) is 0 Å². The summed E-state index contributed by atoms with van der Waals surface area (Å²) in [5, 5.41) is 23.4. The van der Waals surface area contributed by atoms with E-state index < -0.39 is 4.92 Å². The summed E-state index contributed by atoms with van der Waals surface area (Å²) in [5.41, 5.74) is 7.88. The summed E-state index contributed by atoms with van der Waals surface area (Å²) in [6, 6.07) is 14.2. The Morgan fingerprint density at radius 1 is 1.06 bits per heavy atom. The third-order valence-corrected chi connectivity index (χ3v) is 4.83. The Balaban J connectivity index is 1.78. The van der Waals surface area contributed by atoms with Gasteiger partial charge in [-0.1, -0.05) is 12.2 Å². The Morgan fingerprint density at radius 3 is 2.31 bits per heavy atom. The molecule has 2 N–H and O–H groups in total. The maximum absolute atomic E-state index is 10.9. The summed E-state index contributed by atoms with van der Waals surface area (Å²) in [6.45, 7) is 9.06. The van der Waals surface area contributed by atoms with Gasteiger partial charge in [0.05, 0.1) is 16.3 Å². The molecule has 2 aromatic rings. The second-order valence-electron chi connectivity index (χ2n) is 7.19. The normalized spacial score (nSPS) is 15.6. The minimum absolute atomic E-state index is 0.0437. The van der Waals surface area contributed by atoms with Gasteiger partial charge in [0.15, 0.2) is 0 Å². The molecule has 0 fully saturated rings. The zero-order valence-electron chi connectivity index (χ0n) is 17.7. The molecule has 0 atom stereocenters. The van der Waals surface area contributed by atoms with E-state index in [4.69, 9.17) is 5.41 Å². The topological polar surface area (TPSA) is 94.6 Å². The number of nitrogens with zero attached hydrogens (tertiary/aromatic N) is 3. The molecule has 7 heteroatoms. The lowest BCUT2D eigenvalue weighted by atomic mass is 9.95. The summed E-state index contributed by atoms with van der Waals surface area (Å²) in [7, 11) is 0. The zero-order chi connectivity index (χ0) is 22.9. The van der Waals surface area contributed by atoms with E-state index in [1.807, 2.05) is 42.5 Å². The van der Waals surface area contributed by atoms with E-state index in [0.717, 1.165) is 35.6 Å². The standard InChI is InChI=1S/C25H25N5O2/c1-3-15-29(16-4-2)23-12-8-22(9-13-23)27-28-25-14-7-21(26)18-20(25)17-19-5-10-24(11-6-19)30(31)32/h3-14,17,26-27H,1-2,15-16,18H2. The number of hydrogen-bond donors (Lipinski definition) is 2. The third kappa shape index (κ3) is 5.89. The van der Waals surface area contributed by atoms with Gasteiger partial charge in [0.2, 0.25) is 0 Å². The number of anilines is 2. The van der Waals surface area contributed by atoms with E-state index in [2.05, 4.69) is 28.6 Å². The molecule has 3 rings (SSSR count). The molecule has 32 heavy (non-hydrogen) atoms. The molecule has 0 amide bonds. The first-order valence-electron chi connectivity index (χ1n) is 10.1. The van der Waals surface area contributed by atoms with Crippen LogP contribution in [0.2, 0.25) is 0 Å². The van der Waals surface area contributed by atoms with E-state index in [-0.39, 0.29) is 5.69 Å². The van der Waals surface area contributed by atoms with E-state index >= 15 is 0 Å². The number of non-ortho nitro benzene ring substituents is 1. The number of hydrogen-bond acceptors (Lipinski definition) is 6. The van der Waals surface area contributed by atoms with Crippen LogP contribution in [0.25, 0.3) is 6.08 Å². The Bertz CT molecular complexity index is 1090. The highest BCUT2D eigenvalue weighted by atomic mass is 16.6. The second kappa shape index (κ2) is 10.7. The SMILES string of the molecule is C=CCN(CC=C)c1ccc(NN=C2C=CC(=N)CC2=Cc2ccc([N+](=O)[O-])cc2)cc1. The van der Waals surface area contributed by atoms with Crippen LogP contribution < -0.4 is 10.3 Å². The summed E-state index contributed by atoms with van der Waals surface area (Å²) >= 11 is 0. The van der Waals surface area contributed by atoms with Crippen LogP contribution >= 0.6 is 0 Å². The smallest absolute Gasteiger partial charge is 0.269 e. The molecule has 0 aliphatic heterocycles. The van der Waals surface area contributed by atoms with Gasteiger partial charge in [-0.05, 0) is 65.8 Å². The molecule has 0 radical (unpaired) electrons. The summed E-state index contributed by atoms with van der Waals surface area (Å²) in [5.74, 6) is 0. The lowest BCUT2D eigenvalue weighted by Crippen LogP contribution is -2.22. The number of hydrazone groups is 1. The molecular weight excluding hydrogens is 402 g/mol. The Kier molecular flexibility index (Phi) is 7.48. The van der Waals surface area contributed by atoms with Gasteiger partial charge < -0.3 is 10.3 Å². The fraction of sp³-hybridized carbons (Fsp3) is 0.120. The largest absolute Gasteiger partial charge is 0.364 e. The lowest BCUT2D eigenvalue weighted by molar-refractivity contribution is -0.384. The quantitative estimate of drug-likeness (QED) is 0.309. The number of rotatable bonds is 9. The average molecular weight is 428 g/mol. The molecule has 1 aliphatic rings. The Labute approximate surface area is 187 Å². The molecule has 2 aromatic carbocycles. The van der Waals surface area contributed by atoms with Gasteiger partial charge in [-0.25, -0.2) is 0 Å². The maximum Gasteiger partial charge on any atom is 0.269 e. The van der Waals surface area contributed by atoms with E-state index in [9.17, 15) is 10.1 Å². The van der Waals surface area contributed by atoms with E-state index in [1.54, 1.807) is 24.3 Å². The van der Waals surface area contributed by atoms with Crippen molar-refractivity contribution < 1.29 is 4.92 Å². The van der Waals surface area contributed by atoms with Gasteiger partial charge in [-0.2, -0.15) is 5.10 Å². The maximum atomic E-state index is 10.9. The number of nitrogens with one attached hydrogen (secondary N) is 2. The average Bonchev–Trinajstić information content (AvgIpc) is 2.79. The second-order valence-corrected chi connectivity index (χ2v) is 7.19. The first-order valence-corrected chi connectivity index (χ1v) is 10.1. The van der Waals surface area contributed by atoms with Gasteiger partial charge in [0.25, 0.3) is 5.69 Å². The summed E-state index contributed by atoms with van der Waals surface area (Å²) in [6.07, 6.45) is 9.55. The lowest BCUT2D eigenvalue weighted by Gasteiger charge is -2.21. The predicted molar refractivity (Wildman–Crippen MR) is 133 cm³/mol. The number of nitro groups is 1. The van der Waals surface area contributed by atoms with Gasteiger partial charge in [0, 0.05) is 43.0 Å². The zero-order valence-corrected chi connectivity index (χ0v) is 17.7. The van der Waals surface area contributed by atoms with Crippen molar-refractivity contribution in [2.45, 2.75) is 6.42 Å². The molecule has 0 saturated heterocycles. The fourth-order valence-corrected chi connectivity index (χ4v) is 3.24. The van der Waals surface area contributed by atoms with Gasteiger partial charge in [0.1, 0.15) is 0 Å². The Morgan fingerprint density at radius 2 is 1.72 bits per heavy atom. The van der Waals surface area contributed by atoms with E-state index in [1.165, 1.54) is 12.1 Å². The molecule has 1 aliphatic carbocycles. The van der Waals surface area contributed by atoms with Crippen molar-refractivity contribution >= 4 is 34.6 Å². The molecule has 162 valence electrons. The van der Waals surface area contributed by atoms with Crippen LogP contribution in [0.1, 0.15) is 12.0 Å². The van der Waals surface area contributed by atoms with Gasteiger partial charge in [-0.3, -0.25) is 15.5 Å². The van der Waals surface area contributed by atoms with Crippen LogP contribution in [0.15, 0.2) is 96.7 Å². The summed E-state index contributed by atoms with van der Waals surface area (Å²) in [4.78, 5) is 12.6. The molecular formula is C25H25N5O2. The van der Waals surface area contributed by atoms with Crippen molar-refractivity contribution in [3.63, 3.8) is 0 Å². The highest BCUT2D eigenvalue weighted by Crippen LogP contribution is 2.21. The molecule has 0 aromatic heterocycles. The minimum atomic E-state index is -0.425. The number of benzene rings is 2. The van der Waals surface area contributed by atoms with Crippen molar-refractivity contribution in [2.24, 2.45) is 5.10 Å². The molecule has 0 unspecified atom stereocenters.